The molecule has 0 fully saturated rings. The number of benzene rings is 2. The molecule has 0 saturated carbocycles. The molecule has 4 rings (SSSR count). The van der Waals surface area contributed by atoms with Crippen molar-refractivity contribution < 1.29 is 28.2 Å². The van der Waals surface area contributed by atoms with E-state index in [-0.39, 0.29) is 0 Å². The van der Waals surface area contributed by atoms with Gasteiger partial charge in [-0.1, -0.05) is 0 Å². The molecule has 7 nitrogen and oxygen atoms in total. The van der Waals surface area contributed by atoms with Gasteiger partial charge in [-0.05, 0) is 55.8 Å². The fraction of sp³-hybridized carbons (Fsp3) is 0.280. The highest BCUT2D eigenvalue weighted by Crippen LogP contribution is 2.37. The molecule has 0 bridgehead atoms. The van der Waals surface area contributed by atoms with Crippen LogP contribution in [0.4, 0.5) is 0 Å². The van der Waals surface area contributed by atoms with Gasteiger partial charge in [-0.25, -0.2) is 9.59 Å². The number of esters is 1. The van der Waals surface area contributed by atoms with Crippen LogP contribution in [0.1, 0.15) is 25.0 Å². The van der Waals surface area contributed by atoms with Gasteiger partial charge in [0.15, 0.2) is 0 Å². The van der Waals surface area contributed by atoms with E-state index in [0.717, 1.165) is 10.9 Å². The third-order valence-electron chi connectivity index (χ3n) is 5.45. The van der Waals surface area contributed by atoms with E-state index in [4.69, 9.17) is 23.4 Å². The van der Waals surface area contributed by atoms with Crippen LogP contribution in [-0.4, -0.2) is 31.9 Å². The van der Waals surface area contributed by atoms with Crippen molar-refractivity contribution in [2.24, 2.45) is 0 Å². The van der Waals surface area contributed by atoms with Gasteiger partial charge in [0.05, 0.1) is 14.2 Å². The van der Waals surface area contributed by atoms with Gasteiger partial charge in [0.1, 0.15) is 34.5 Å². The Bertz CT molecular complexity index is 1250. The van der Waals surface area contributed by atoms with Gasteiger partial charge < -0.3 is 23.4 Å². The summed E-state index contributed by atoms with van der Waals surface area (Å²) in [6.45, 7) is 3.71. The van der Waals surface area contributed by atoms with E-state index < -0.39 is 23.3 Å². The van der Waals surface area contributed by atoms with Gasteiger partial charge in [-0.15, -0.1) is 0 Å². The average Bonchev–Trinajstić information content (AvgIpc) is 2.76. The van der Waals surface area contributed by atoms with Gasteiger partial charge >= 0.3 is 11.6 Å². The molecular weight excluding hydrogens is 412 g/mol. The topological polar surface area (TPSA) is 84.2 Å². The second-order valence-electron chi connectivity index (χ2n) is 8.03. The number of rotatable bonds is 5. The minimum Gasteiger partial charge on any atom is -0.497 e. The number of methoxy groups -OCH3 is 2. The van der Waals surface area contributed by atoms with Crippen molar-refractivity contribution in [3.05, 3.63) is 70.1 Å². The zero-order valence-electron chi connectivity index (χ0n) is 18.3. The predicted molar refractivity (Wildman–Crippen MR) is 119 cm³/mol. The average molecular weight is 436 g/mol. The van der Waals surface area contributed by atoms with Crippen LogP contribution in [0.15, 0.2) is 57.8 Å². The predicted octanol–water partition coefficient (Wildman–Crippen LogP) is 4.15. The molecular formula is C25H24O7. The normalized spacial score (nSPS) is 16.9. The van der Waals surface area contributed by atoms with Crippen LogP contribution < -0.4 is 19.8 Å². The second kappa shape index (κ2) is 8.42. The highest BCUT2D eigenvalue weighted by Gasteiger charge is 2.39. The van der Waals surface area contributed by atoms with E-state index in [9.17, 15) is 9.59 Å². The fourth-order valence-electron chi connectivity index (χ4n) is 3.68. The van der Waals surface area contributed by atoms with Crippen LogP contribution >= 0.6 is 0 Å². The summed E-state index contributed by atoms with van der Waals surface area (Å²) in [6, 6.07) is 12.0. The Balaban J connectivity index is 1.54. The molecule has 0 saturated heterocycles. The van der Waals surface area contributed by atoms with E-state index in [1.165, 1.54) is 12.1 Å². The third kappa shape index (κ3) is 4.32. The molecule has 32 heavy (non-hydrogen) atoms. The first-order valence-corrected chi connectivity index (χ1v) is 10.2. The molecule has 0 amide bonds. The van der Waals surface area contributed by atoms with Crippen molar-refractivity contribution in [1.29, 1.82) is 0 Å². The molecule has 0 radical (unpaired) electrons. The smallest absolute Gasteiger partial charge is 0.336 e. The molecule has 0 N–H and O–H groups in total. The molecule has 0 aliphatic carbocycles. The molecule has 2 aromatic carbocycles. The summed E-state index contributed by atoms with van der Waals surface area (Å²) in [5.74, 6) is 1.39. The molecule has 1 aliphatic rings. The van der Waals surface area contributed by atoms with E-state index >= 15 is 0 Å². The van der Waals surface area contributed by atoms with Crippen molar-refractivity contribution in [2.75, 3.05) is 14.2 Å². The summed E-state index contributed by atoms with van der Waals surface area (Å²) < 4.78 is 27.7. The Morgan fingerprint density at radius 3 is 2.66 bits per heavy atom. The maximum Gasteiger partial charge on any atom is 0.336 e. The monoisotopic (exact) mass is 436 g/mol. The molecule has 0 spiro atoms. The van der Waals surface area contributed by atoms with Gasteiger partial charge in [0.25, 0.3) is 0 Å². The summed E-state index contributed by atoms with van der Waals surface area (Å²) in [4.78, 5) is 24.1. The zero-order chi connectivity index (χ0) is 22.9. The largest absolute Gasteiger partial charge is 0.497 e. The van der Waals surface area contributed by atoms with Crippen molar-refractivity contribution in [2.45, 2.75) is 32.0 Å². The van der Waals surface area contributed by atoms with Gasteiger partial charge in [-0.3, -0.25) is 0 Å². The summed E-state index contributed by atoms with van der Waals surface area (Å²) >= 11 is 0. The Morgan fingerprint density at radius 1 is 1.09 bits per heavy atom. The number of ether oxygens (including phenoxy) is 4. The number of hydrogen-bond acceptors (Lipinski definition) is 7. The number of carbonyl (C=O) groups excluding carboxylic acids is 1. The van der Waals surface area contributed by atoms with Gasteiger partial charge in [0.2, 0.25) is 0 Å². The first-order chi connectivity index (χ1) is 15.3. The van der Waals surface area contributed by atoms with Crippen molar-refractivity contribution in [3.8, 4) is 17.2 Å². The van der Waals surface area contributed by atoms with Crippen LogP contribution in [0, 0.1) is 0 Å². The lowest BCUT2D eigenvalue weighted by Crippen LogP contribution is -2.48. The quantitative estimate of drug-likeness (QED) is 0.337. The lowest BCUT2D eigenvalue weighted by atomic mass is 9.90. The van der Waals surface area contributed by atoms with Crippen LogP contribution in [0.3, 0.4) is 0 Å². The number of hydrogen-bond donors (Lipinski definition) is 0. The Morgan fingerprint density at radius 2 is 1.91 bits per heavy atom. The molecule has 166 valence electrons. The highest BCUT2D eigenvalue weighted by molar-refractivity contribution is 5.88. The van der Waals surface area contributed by atoms with Crippen molar-refractivity contribution >= 4 is 23.0 Å². The first kappa shape index (κ1) is 21.5. The number of carbonyl (C=O) groups is 1. The molecule has 7 heteroatoms. The minimum absolute atomic E-state index is 0.418. The van der Waals surface area contributed by atoms with Crippen LogP contribution in [0.5, 0.6) is 17.2 Å². The zero-order valence-corrected chi connectivity index (χ0v) is 18.3. The lowest BCUT2D eigenvalue weighted by Gasteiger charge is -2.39. The summed E-state index contributed by atoms with van der Waals surface area (Å²) in [6.07, 6.45) is 2.95. The lowest BCUT2D eigenvalue weighted by molar-refractivity contribution is -0.155. The minimum atomic E-state index is -0.771. The summed E-state index contributed by atoms with van der Waals surface area (Å²) in [5, 5.41) is 0.779. The molecule has 2 heterocycles. The van der Waals surface area contributed by atoms with Gasteiger partial charge in [0, 0.05) is 35.6 Å². The molecule has 1 unspecified atom stereocenters. The Labute approximate surface area is 185 Å². The van der Waals surface area contributed by atoms with Crippen LogP contribution in [0.2, 0.25) is 0 Å². The summed E-state index contributed by atoms with van der Waals surface area (Å²) in [7, 11) is 3.13. The maximum absolute atomic E-state index is 12.6. The summed E-state index contributed by atoms with van der Waals surface area (Å²) in [5.41, 5.74) is 0.840. The molecule has 1 aromatic heterocycles. The van der Waals surface area contributed by atoms with E-state index in [1.807, 2.05) is 19.9 Å². The number of fused-ring (bicyclic) bond motifs is 2. The Kier molecular flexibility index (Phi) is 5.65. The second-order valence-corrected chi connectivity index (χ2v) is 8.03. The van der Waals surface area contributed by atoms with Crippen LogP contribution in [-0.2, 0) is 16.0 Å². The van der Waals surface area contributed by atoms with Gasteiger partial charge in [-0.2, -0.15) is 0 Å². The Hall–Kier alpha value is -3.74. The standard InChI is InChI=1S/C25H24O7/c1-25(2)22(13-17-11-15-5-9-23(26)30-20(15)14-21(17)32-25)31-24(27)10-6-16-12-18(28-3)7-8-19(16)29-4/h5-12,14,22H,13H2,1-4H3. The molecule has 1 atom stereocenters. The first-order valence-electron chi connectivity index (χ1n) is 10.2. The van der Waals surface area contributed by atoms with Crippen molar-refractivity contribution in [1.82, 2.24) is 0 Å². The molecule has 3 aromatic rings. The SMILES string of the molecule is COc1ccc(OC)c(C=CC(=O)OC2Cc3cc4ccc(=O)oc4cc3OC2(C)C)c1. The van der Waals surface area contributed by atoms with Crippen LogP contribution in [0.25, 0.3) is 17.0 Å². The van der Waals surface area contributed by atoms with E-state index in [2.05, 4.69) is 0 Å². The van der Waals surface area contributed by atoms with Crippen molar-refractivity contribution in [3.63, 3.8) is 0 Å². The third-order valence-corrected chi connectivity index (χ3v) is 5.45. The van der Waals surface area contributed by atoms with E-state index in [0.29, 0.717) is 34.8 Å². The molecule has 1 aliphatic heterocycles. The highest BCUT2D eigenvalue weighted by atomic mass is 16.6. The fourth-order valence-corrected chi connectivity index (χ4v) is 3.68. The van der Waals surface area contributed by atoms with E-state index in [1.54, 1.807) is 50.6 Å². The maximum atomic E-state index is 12.6.